The maximum Gasteiger partial charge on any atom is 0.263 e. The highest BCUT2D eigenvalue weighted by atomic mass is 16.1. The Hall–Kier alpha value is -3.18. The lowest BCUT2D eigenvalue weighted by Gasteiger charge is -2.20. The van der Waals surface area contributed by atoms with Crippen LogP contribution in [0.1, 0.15) is 18.7 Å². The Morgan fingerprint density at radius 1 is 1.07 bits per heavy atom. The summed E-state index contributed by atoms with van der Waals surface area (Å²) in [5.74, 6) is 0. The molecule has 1 unspecified atom stereocenters. The fourth-order valence-corrected chi connectivity index (χ4v) is 3.49. The van der Waals surface area contributed by atoms with Crippen molar-refractivity contribution in [3.05, 3.63) is 83.0 Å². The monoisotopic (exact) mass is 358 g/mol. The molecule has 0 aliphatic rings. The average Bonchev–Trinajstić information content (AvgIpc) is 3.13. The maximum atomic E-state index is 13.7. The van der Waals surface area contributed by atoms with Crippen LogP contribution in [0, 0.1) is 0 Å². The van der Waals surface area contributed by atoms with Gasteiger partial charge < -0.3 is 5.32 Å². The molecule has 0 radical (unpaired) electrons. The van der Waals surface area contributed by atoms with E-state index in [1.807, 2.05) is 73.4 Å². The zero-order valence-corrected chi connectivity index (χ0v) is 15.7. The molecule has 4 aromatic rings. The number of nitrogens with zero attached hydrogens (tertiary/aromatic N) is 3. The molecule has 136 valence electrons. The number of rotatable bonds is 4. The molecule has 2 aromatic carbocycles. The molecule has 27 heavy (non-hydrogen) atoms. The van der Waals surface area contributed by atoms with Crippen LogP contribution in [0.25, 0.3) is 27.6 Å². The van der Waals surface area contributed by atoms with Crippen molar-refractivity contribution in [1.82, 2.24) is 19.7 Å². The molecule has 0 aliphatic carbocycles. The number of benzene rings is 2. The van der Waals surface area contributed by atoms with Crippen LogP contribution in [0.2, 0.25) is 0 Å². The third-order valence-corrected chi connectivity index (χ3v) is 4.98. The highest BCUT2D eigenvalue weighted by Gasteiger charge is 2.18. The smallest absolute Gasteiger partial charge is 0.263 e. The largest absolute Gasteiger partial charge is 0.312 e. The molecule has 0 amide bonds. The van der Waals surface area contributed by atoms with Gasteiger partial charge in [0.15, 0.2) is 0 Å². The summed E-state index contributed by atoms with van der Waals surface area (Å²) in [5, 5.41) is 9.17. The van der Waals surface area contributed by atoms with Gasteiger partial charge in [-0.2, -0.15) is 5.10 Å². The molecule has 0 aliphatic heterocycles. The Labute approximate surface area is 157 Å². The number of aromatic nitrogens is 3. The van der Waals surface area contributed by atoms with Crippen LogP contribution in [0.15, 0.2) is 71.8 Å². The molecule has 4 rings (SSSR count). The maximum absolute atomic E-state index is 13.7. The minimum atomic E-state index is -0.0183. The third-order valence-electron chi connectivity index (χ3n) is 4.98. The van der Waals surface area contributed by atoms with E-state index in [4.69, 9.17) is 0 Å². The standard InChI is InChI=1S/C22H22N4O/c1-15(23-2)20-12-16-8-7-11-19(17-13-24-25(3)14-17)21(16)22(27)26(20)18-9-5-4-6-10-18/h4-15,23H,1-3H3. The predicted octanol–water partition coefficient (Wildman–Crippen LogP) is 3.67. The summed E-state index contributed by atoms with van der Waals surface area (Å²) in [4.78, 5) is 13.7. The van der Waals surface area contributed by atoms with E-state index in [0.29, 0.717) is 5.39 Å². The van der Waals surface area contributed by atoms with E-state index in [-0.39, 0.29) is 11.6 Å². The molecule has 0 bridgehead atoms. The molecular weight excluding hydrogens is 336 g/mol. The van der Waals surface area contributed by atoms with Gasteiger partial charge >= 0.3 is 0 Å². The van der Waals surface area contributed by atoms with Crippen LogP contribution in [0.4, 0.5) is 0 Å². The van der Waals surface area contributed by atoms with E-state index in [1.54, 1.807) is 10.9 Å². The van der Waals surface area contributed by atoms with E-state index < -0.39 is 0 Å². The minimum absolute atomic E-state index is 0.0183. The number of aryl methyl sites for hydroxylation is 1. The first kappa shape index (κ1) is 17.2. The zero-order valence-electron chi connectivity index (χ0n) is 15.7. The molecule has 0 saturated carbocycles. The Balaban J connectivity index is 2.11. The average molecular weight is 358 g/mol. The number of hydrogen-bond acceptors (Lipinski definition) is 3. The molecule has 5 heteroatoms. The van der Waals surface area contributed by atoms with Crippen molar-refractivity contribution >= 4 is 10.8 Å². The Morgan fingerprint density at radius 2 is 1.85 bits per heavy atom. The first-order valence-corrected chi connectivity index (χ1v) is 9.00. The van der Waals surface area contributed by atoms with Crippen LogP contribution >= 0.6 is 0 Å². The van der Waals surface area contributed by atoms with Crippen LogP contribution in [0.5, 0.6) is 0 Å². The van der Waals surface area contributed by atoms with E-state index >= 15 is 0 Å². The lowest BCUT2D eigenvalue weighted by Crippen LogP contribution is -2.27. The molecule has 2 heterocycles. The van der Waals surface area contributed by atoms with Crippen LogP contribution in [-0.2, 0) is 7.05 Å². The van der Waals surface area contributed by atoms with Gasteiger partial charge in [0.25, 0.3) is 5.56 Å². The second kappa shape index (κ2) is 6.85. The molecule has 0 fully saturated rings. The summed E-state index contributed by atoms with van der Waals surface area (Å²) in [6.07, 6.45) is 3.73. The first-order valence-electron chi connectivity index (χ1n) is 9.00. The van der Waals surface area contributed by atoms with Crippen LogP contribution in [0.3, 0.4) is 0 Å². The van der Waals surface area contributed by atoms with Gasteiger partial charge in [-0.3, -0.25) is 14.0 Å². The molecular formula is C22H22N4O. The van der Waals surface area contributed by atoms with E-state index in [9.17, 15) is 4.79 Å². The molecule has 0 saturated heterocycles. The molecule has 2 aromatic heterocycles. The van der Waals surface area contributed by atoms with Crippen molar-refractivity contribution in [3.8, 4) is 16.8 Å². The van der Waals surface area contributed by atoms with Crippen LogP contribution < -0.4 is 10.9 Å². The Bertz CT molecular complexity index is 1160. The summed E-state index contributed by atoms with van der Waals surface area (Å²) in [6, 6.07) is 17.9. The SMILES string of the molecule is CNC(C)c1cc2cccc(-c3cnn(C)c3)c2c(=O)n1-c1ccccc1. The molecule has 5 nitrogen and oxygen atoms in total. The van der Waals surface area contributed by atoms with Gasteiger partial charge in [-0.25, -0.2) is 0 Å². The number of fused-ring (bicyclic) bond motifs is 1. The summed E-state index contributed by atoms with van der Waals surface area (Å²) < 4.78 is 3.56. The van der Waals surface area contributed by atoms with E-state index in [1.165, 1.54) is 0 Å². The van der Waals surface area contributed by atoms with Crippen molar-refractivity contribution in [2.75, 3.05) is 7.05 Å². The second-order valence-corrected chi connectivity index (χ2v) is 6.73. The van der Waals surface area contributed by atoms with E-state index in [2.05, 4.69) is 23.4 Å². The van der Waals surface area contributed by atoms with Gasteiger partial charge in [0, 0.05) is 36.2 Å². The minimum Gasteiger partial charge on any atom is -0.312 e. The summed E-state index contributed by atoms with van der Waals surface area (Å²) in [6.45, 7) is 2.06. The van der Waals surface area contributed by atoms with Gasteiger partial charge in [-0.15, -0.1) is 0 Å². The molecule has 0 spiro atoms. The highest BCUT2D eigenvalue weighted by molar-refractivity contribution is 5.96. The van der Waals surface area contributed by atoms with Crippen molar-refractivity contribution in [2.24, 2.45) is 7.05 Å². The lowest BCUT2D eigenvalue weighted by molar-refractivity contribution is 0.612. The van der Waals surface area contributed by atoms with Crippen molar-refractivity contribution in [2.45, 2.75) is 13.0 Å². The van der Waals surface area contributed by atoms with Gasteiger partial charge in [-0.05, 0) is 43.1 Å². The number of hydrogen-bond donors (Lipinski definition) is 1. The van der Waals surface area contributed by atoms with Gasteiger partial charge in [0.1, 0.15) is 0 Å². The Kier molecular flexibility index (Phi) is 4.38. The highest BCUT2D eigenvalue weighted by Crippen LogP contribution is 2.28. The second-order valence-electron chi connectivity index (χ2n) is 6.73. The van der Waals surface area contributed by atoms with Gasteiger partial charge in [0.05, 0.1) is 11.6 Å². The quantitative estimate of drug-likeness (QED) is 0.606. The lowest BCUT2D eigenvalue weighted by atomic mass is 10.00. The normalized spacial score (nSPS) is 12.4. The first-order chi connectivity index (χ1) is 13.1. The number of pyridine rings is 1. The summed E-state index contributed by atoms with van der Waals surface area (Å²) >= 11 is 0. The molecule has 1 N–H and O–H groups in total. The van der Waals surface area contributed by atoms with Crippen LogP contribution in [-0.4, -0.2) is 21.4 Å². The number of para-hydroxylation sites is 1. The topological polar surface area (TPSA) is 51.9 Å². The van der Waals surface area contributed by atoms with E-state index in [0.717, 1.165) is 27.9 Å². The fourth-order valence-electron chi connectivity index (χ4n) is 3.49. The number of nitrogens with one attached hydrogen (secondary N) is 1. The predicted molar refractivity (Wildman–Crippen MR) is 109 cm³/mol. The van der Waals surface area contributed by atoms with Gasteiger partial charge in [0.2, 0.25) is 0 Å². The Morgan fingerprint density at radius 3 is 2.52 bits per heavy atom. The van der Waals surface area contributed by atoms with Gasteiger partial charge in [-0.1, -0.05) is 36.4 Å². The summed E-state index contributed by atoms with van der Waals surface area (Å²) in [5.41, 5.74) is 3.62. The fraction of sp³-hybridized carbons (Fsp3) is 0.182. The molecule has 1 atom stereocenters. The third kappa shape index (κ3) is 2.96. The zero-order chi connectivity index (χ0) is 19.0. The van der Waals surface area contributed by atoms with Crippen molar-refractivity contribution < 1.29 is 0 Å². The van der Waals surface area contributed by atoms with Crippen molar-refractivity contribution in [3.63, 3.8) is 0 Å². The summed E-state index contributed by atoms with van der Waals surface area (Å²) in [7, 11) is 3.78. The van der Waals surface area contributed by atoms with Crippen molar-refractivity contribution in [1.29, 1.82) is 0 Å².